The zero-order chi connectivity index (χ0) is 20.4. The van der Waals surface area contributed by atoms with Gasteiger partial charge in [-0.15, -0.1) is 0 Å². The fraction of sp³-hybridized carbons (Fsp3) is 0.455. The molecule has 1 fully saturated rings. The van der Waals surface area contributed by atoms with Gasteiger partial charge in [0.2, 0.25) is 0 Å². The molecule has 4 heterocycles. The van der Waals surface area contributed by atoms with E-state index in [1.165, 1.54) is 13.1 Å². The van der Waals surface area contributed by atoms with Crippen molar-refractivity contribution in [2.24, 2.45) is 0 Å². The number of carbonyl (C=O) groups excluding carboxylic acids is 1. The molecule has 0 N–H and O–H groups in total. The van der Waals surface area contributed by atoms with Crippen LogP contribution in [-0.2, 0) is 6.42 Å². The van der Waals surface area contributed by atoms with E-state index in [1.54, 1.807) is 16.8 Å². The molecule has 152 valence electrons. The fourth-order valence-electron chi connectivity index (χ4n) is 4.16. The van der Waals surface area contributed by atoms with Crippen LogP contribution < -0.4 is 4.90 Å². The first-order chi connectivity index (χ1) is 14.1. The van der Waals surface area contributed by atoms with Crippen LogP contribution in [-0.4, -0.2) is 31.9 Å². The number of unbranched alkanes of at least 4 members (excludes halogenated alkanes) is 2. The molecule has 1 aliphatic heterocycles. The smallest absolute Gasteiger partial charge is 0.168 e. The van der Waals surface area contributed by atoms with Gasteiger partial charge in [-0.1, -0.05) is 19.8 Å². The largest absolute Gasteiger partial charge is 0.349 e. The normalized spacial score (nSPS) is 16.7. The van der Waals surface area contributed by atoms with Gasteiger partial charge in [0.15, 0.2) is 11.4 Å². The van der Waals surface area contributed by atoms with Crippen molar-refractivity contribution in [3.63, 3.8) is 0 Å². The number of rotatable bonds is 7. The fourth-order valence-corrected chi connectivity index (χ4v) is 4.16. The average Bonchev–Trinajstić information content (AvgIpc) is 3.35. The lowest BCUT2D eigenvalue weighted by molar-refractivity contribution is 0.101. The molecule has 0 bridgehead atoms. The summed E-state index contributed by atoms with van der Waals surface area (Å²) >= 11 is 0. The number of Topliss-reactive ketones (excluding diaryl/α,β-unsaturated/α-hetero) is 1. The minimum Gasteiger partial charge on any atom is -0.349 e. The summed E-state index contributed by atoms with van der Waals surface area (Å²) in [6, 6.07) is 3.58. The van der Waals surface area contributed by atoms with Crippen molar-refractivity contribution < 1.29 is 9.18 Å². The van der Waals surface area contributed by atoms with E-state index in [4.69, 9.17) is 4.98 Å². The van der Waals surface area contributed by atoms with Crippen LogP contribution in [0, 0.1) is 5.82 Å². The minimum atomic E-state index is -0.302. The number of carbonyl (C=O) groups is 1. The molecule has 29 heavy (non-hydrogen) atoms. The Hall–Kier alpha value is -2.83. The van der Waals surface area contributed by atoms with Gasteiger partial charge in [-0.05, 0) is 50.3 Å². The van der Waals surface area contributed by atoms with Crippen LogP contribution in [0.1, 0.15) is 73.6 Å². The van der Waals surface area contributed by atoms with Gasteiger partial charge in [-0.2, -0.15) is 5.10 Å². The van der Waals surface area contributed by atoms with Crippen LogP contribution in [0.5, 0.6) is 0 Å². The Morgan fingerprint density at radius 3 is 2.97 bits per heavy atom. The molecule has 0 radical (unpaired) electrons. The predicted molar refractivity (Wildman–Crippen MR) is 110 cm³/mol. The van der Waals surface area contributed by atoms with E-state index < -0.39 is 0 Å². The Bertz CT molecular complexity index is 1030. The van der Waals surface area contributed by atoms with Crippen molar-refractivity contribution in [2.75, 3.05) is 11.4 Å². The van der Waals surface area contributed by atoms with Crippen molar-refractivity contribution in [1.82, 2.24) is 19.6 Å². The number of hydrogen-bond acceptors (Lipinski definition) is 5. The van der Waals surface area contributed by atoms with Gasteiger partial charge in [0.05, 0.1) is 24.0 Å². The number of fused-ring (bicyclic) bond motifs is 1. The van der Waals surface area contributed by atoms with Crippen molar-refractivity contribution >= 4 is 17.2 Å². The first kappa shape index (κ1) is 19.5. The van der Waals surface area contributed by atoms with Crippen molar-refractivity contribution in [3.8, 4) is 0 Å². The lowest BCUT2D eigenvalue weighted by atomic mass is 9.99. The molecular weight excluding hydrogens is 369 g/mol. The van der Waals surface area contributed by atoms with Crippen molar-refractivity contribution in [3.05, 3.63) is 53.4 Å². The van der Waals surface area contributed by atoms with Crippen molar-refractivity contribution in [1.29, 1.82) is 0 Å². The van der Waals surface area contributed by atoms with Crippen molar-refractivity contribution in [2.45, 2.75) is 58.4 Å². The Balaban J connectivity index is 1.70. The van der Waals surface area contributed by atoms with E-state index in [1.807, 2.05) is 12.3 Å². The minimum absolute atomic E-state index is 0.0356. The van der Waals surface area contributed by atoms with E-state index in [-0.39, 0.29) is 17.6 Å². The number of aryl methyl sites for hydroxylation is 1. The molecule has 1 aliphatic rings. The molecule has 4 rings (SSSR count). The average molecular weight is 395 g/mol. The first-order valence-electron chi connectivity index (χ1n) is 10.3. The molecule has 0 aromatic carbocycles. The zero-order valence-corrected chi connectivity index (χ0v) is 16.9. The van der Waals surface area contributed by atoms with E-state index in [9.17, 15) is 9.18 Å². The molecule has 3 aromatic heterocycles. The molecule has 0 aliphatic carbocycles. The second kappa shape index (κ2) is 8.27. The summed E-state index contributed by atoms with van der Waals surface area (Å²) in [4.78, 5) is 23.2. The number of nitrogens with zero attached hydrogens (tertiary/aromatic N) is 5. The van der Waals surface area contributed by atoms with Crippen LogP contribution in [0.4, 0.5) is 10.2 Å². The van der Waals surface area contributed by atoms with E-state index in [0.717, 1.165) is 62.1 Å². The maximum Gasteiger partial charge on any atom is 0.168 e. The highest BCUT2D eigenvalue weighted by Gasteiger charge is 2.30. The molecule has 3 aromatic rings. The third-order valence-corrected chi connectivity index (χ3v) is 5.63. The Morgan fingerprint density at radius 2 is 2.17 bits per heavy atom. The van der Waals surface area contributed by atoms with Crippen LogP contribution >= 0.6 is 0 Å². The van der Waals surface area contributed by atoms with Crippen LogP contribution in [0.3, 0.4) is 0 Å². The number of pyridine rings is 1. The summed E-state index contributed by atoms with van der Waals surface area (Å²) in [7, 11) is 0. The Labute approximate surface area is 169 Å². The van der Waals surface area contributed by atoms with Gasteiger partial charge in [-0.3, -0.25) is 9.78 Å². The number of anilines is 1. The summed E-state index contributed by atoms with van der Waals surface area (Å²) in [6.07, 6.45) is 10.8. The number of ketones is 1. The lowest BCUT2D eigenvalue weighted by Crippen LogP contribution is -2.25. The first-order valence-corrected chi connectivity index (χ1v) is 10.3. The van der Waals surface area contributed by atoms with Gasteiger partial charge in [-0.25, -0.2) is 13.9 Å². The second-order valence-electron chi connectivity index (χ2n) is 7.67. The molecule has 0 saturated carbocycles. The lowest BCUT2D eigenvalue weighted by Gasteiger charge is -2.27. The van der Waals surface area contributed by atoms with Gasteiger partial charge in [0, 0.05) is 18.4 Å². The number of halogens is 1. The zero-order valence-electron chi connectivity index (χ0n) is 16.9. The van der Waals surface area contributed by atoms with Gasteiger partial charge >= 0.3 is 0 Å². The van der Waals surface area contributed by atoms with Gasteiger partial charge < -0.3 is 4.90 Å². The maximum atomic E-state index is 14.1. The standard InChI is InChI=1S/C22H26FN5O/c1-3-4-5-7-19-17(12-16(23)13-24-19)20-8-6-10-27(20)21-9-11-28-22(26-21)18(14-25-28)15(2)29/h9,11-14,20H,3-8,10H2,1-2H3/t20-/m1/s1. The Kier molecular flexibility index (Phi) is 5.56. The molecule has 1 saturated heterocycles. The highest BCUT2D eigenvalue weighted by molar-refractivity contribution is 5.99. The third-order valence-electron chi connectivity index (χ3n) is 5.63. The molecule has 0 amide bonds. The second-order valence-corrected chi connectivity index (χ2v) is 7.67. The van der Waals surface area contributed by atoms with E-state index >= 15 is 0 Å². The van der Waals surface area contributed by atoms with Gasteiger partial charge in [0.1, 0.15) is 11.6 Å². The summed E-state index contributed by atoms with van der Waals surface area (Å²) in [5, 5.41) is 4.21. The van der Waals surface area contributed by atoms with E-state index in [0.29, 0.717) is 11.2 Å². The highest BCUT2D eigenvalue weighted by atomic mass is 19.1. The molecule has 0 spiro atoms. The highest BCUT2D eigenvalue weighted by Crippen LogP contribution is 2.37. The number of hydrogen-bond donors (Lipinski definition) is 0. The molecular formula is C22H26FN5O. The Morgan fingerprint density at radius 1 is 1.31 bits per heavy atom. The monoisotopic (exact) mass is 395 g/mol. The predicted octanol–water partition coefficient (Wildman–Crippen LogP) is 4.54. The molecule has 6 nitrogen and oxygen atoms in total. The topological polar surface area (TPSA) is 63.4 Å². The van der Waals surface area contributed by atoms with Crippen LogP contribution in [0.25, 0.3) is 5.65 Å². The number of aromatic nitrogens is 4. The van der Waals surface area contributed by atoms with E-state index in [2.05, 4.69) is 21.9 Å². The molecule has 7 heteroatoms. The van der Waals surface area contributed by atoms with Gasteiger partial charge in [0.25, 0.3) is 0 Å². The SMILES string of the molecule is CCCCCc1ncc(F)cc1[C@H]1CCCN1c1ccn2ncc(C(C)=O)c2n1. The molecule has 1 atom stereocenters. The quantitative estimate of drug-likeness (QED) is 0.434. The summed E-state index contributed by atoms with van der Waals surface area (Å²) in [5.41, 5.74) is 3.00. The maximum absolute atomic E-state index is 14.1. The molecule has 0 unspecified atom stereocenters. The van der Waals surface area contributed by atoms with Crippen LogP contribution in [0.15, 0.2) is 30.7 Å². The summed E-state index contributed by atoms with van der Waals surface area (Å²) < 4.78 is 15.7. The van der Waals surface area contributed by atoms with Crippen LogP contribution in [0.2, 0.25) is 0 Å². The summed E-state index contributed by atoms with van der Waals surface area (Å²) in [6.45, 7) is 4.53. The summed E-state index contributed by atoms with van der Waals surface area (Å²) in [5.74, 6) is 0.422. The third kappa shape index (κ3) is 3.86.